The highest BCUT2D eigenvalue weighted by Gasteiger charge is 2.26. The van der Waals surface area contributed by atoms with E-state index in [1.807, 2.05) is 31.2 Å². The van der Waals surface area contributed by atoms with Crippen molar-refractivity contribution in [3.63, 3.8) is 0 Å². The second-order valence-electron chi connectivity index (χ2n) is 7.74. The third kappa shape index (κ3) is 6.13. The Balaban J connectivity index is 1.61. The van der Waals surface area contributed by atoms with Crippen molar-refractivity contribution in [1.29, 1.82) is 0 Å². The maximum atomic E-state index is 12.5. The van der Waals surface area contributed by atoms with E-state index in [2.05, 4.69) is 9.97 Å². The number of ketones is 1. The van der Waals surface area contributed by atoms with Crippen molar-refractivity contribution in [2.75, 3.05) is 6.26 Å². The lowest BCUT2D eigenvalue weighted by Gasteiger charge is -2.13. The number of H-pyrrole nitrogens is 1. The molecule has 1 unspecified atom stereocenters. The fourth-order valence-electron chi connectivity index (χ4n) is 3.44. The molecule has 0 bridgehead atoms. The molecule has 0 spiro atoms. The van der Waals surface area contributed by atoms with Gasteiger partial charge in [-0.1, -0.05) is 49.4 Å². The van der Waals surface area contributed by atoms with Crippen LogP contribution in [-0.4, -0.2) is 42.5 Å². The van der Waals surface area contributed by atoms with Crippen molar-refractivity contribution in [2.24, 2.45) is 5.14 Å². The Morgan fingerprint density at radius 2 is 1.82 bits per heavy atom. The van der Waals surface area contributed by atoms with Gasteiger partial charge in [0.25, 0.3) is 5.78 Å². The second kappa shape index (κ2) is 11.0. The summed E-state index contributed by atoms with van der Waals surface area (Å²) < 4.78 is 29.1. The van der Waals surface area contributed by atoms with Crippen molar-refractivity contribution in [3.05, 3.63) is 65.6 Å². The number of esters is 1. The monoisotopic (exact) mass is 501 g/mol. The molecule has 3 N–H and O–H groups in total. The molecule has 180 valence electrons. The van der Waals surface area contributed by atoms with E-state index < -0.39 is 27.9 Å². The highest BCUT2D eigenvalue weighted by atomic mass is 32.2. The van der Waals surface area contributed by atoms with E-state index in [9.17, 15) is 18.0 Å². The Bertz CT molecular complexity index is 1280. The molecule has 1 aromatic heterocycles. The number of nitrogens with two attached hydrogens (primary N) is 1. The molecule has 3 rings (SSSR count). The molecule has 0 aliphatic heterocycles. The van der Waals surface area contributed by atoms with Gasteiger partial charge in [-0.25, -0.2) is 23.3 Å². The number of sulfonamides is 1. The smallest absolute Gasteiger partial charge is 0.381 e. The Morgan fingerprint density at radius 3 is 2.44 bits per heavy atom. The van der Waals surface area contributed by atoms with Crippen LogP contribution in [0.1, 0.15) is 42.1 Å². The van der Waals surface area contributed by atoms with Crippen LogP contribution < -0.4 is 5.14 Å². The van der Waals surface area contributed by atoms with Gasteiger partial charge in [0.05, 0.1) is 11.0 Å². The van der Waals surface area contributed by atoms with Crippen LogP contribution in [0.2, 0.25) is 0 Å². The third-order valence-corrected chi connectivity index (χ3v) is 6.92. The van der Waals surface area contributed by atoms with Gasteiger partial charge in [0.1, 0.15) is 16.5 Å². The zero-order chi connectivity index (χ0) is 24.9. The van der Waals surface area contributed by atoms with Crippen molar-refractivity contribution in [1.82, 2.24) is 9.97 Å². The van der Waals surface area contributed by atoms with Crippen LogP contribution in [0.15, 0.2) is 58.5 Å². The molecular weight excluding hydrogens is 474 g/mol. The highest BCUT2D eigenvalue weighted by molar-refractivity contribution is 7.98. The van der Waals surface area contributed by atoms with Crippen molar-refractivity contribution >= 4 is 33.5 Å². The van der Waals surface area contributed by atoms with Gasteiger partial charge < -0.3 is 9.72 Å². The van der Waals surface area contributed by atoms with Crippen molar-refractivity contribution < 1.29 is 22.7 Å². The average molecular weight is 502 g/mol. The number of thioether (sulfide) groups is 1. The molecule has 0 saturated carbocycles. The van der Waals surface area contributed by atoms with E-state index >= 15 is 0 Å². The molecule has 2 aromatic carbocycles. The number of nitrogens with zero attached hydrogens (tertiary/aromatic N) is 1. The number of nitrogens with one attached hydrogen (secondary N) is 1. The van der Waals surface area contributed by atoms with Crippen LogP contribution in [0.3, 0.4) is 0 Å². The first-order valence-corrected chi connectivity index (χ1v) is 13.5. The zero-order valence-electron chi connectivity index (χ0n) is 19.2. The molecule has 34 heavy (non-hydrogen) atoms. The Kier molecular flexibility index (Phi) is 8.29. The number of carbonyl (C=O) groups is 2. The Hall–Kier alpha value is -2.95. The van der Waals surface area contributed by atoms with Crippen LogP contribution in [0.25, 0.3) is 11.1 Å². The van der Waals surface area contributed by atoms with Gasteiger partial charge in [-0.05, 0) is 43.2 Å². The number of aromatic amines is 1. The first kappa shape index (κ1) is 25.7. The van der Waals surface area contributed by atoms with Gasteiger partial charge in [0, 0.05) is 12.0 Å². The number of benzene rings is 2. The van der Waals surface area contributed by atoms with Crippen LogP contribution in [0.4, 0.5) is 0 Å². The van der Waals surface area contributed by atoms with Crippen LogP contribution in [-0.2, 0) is 32.4 Å². The topological polar surface area (TPSA) is 132 Å². The molecule has 0 aliphatic carbocycles. The lowest BCUT2D eigenvalue weighted by atomic mass is 10.0. The number of primary sulfonamides is 1. The van der Waals surface area contributed by atoms with Crippen molar-refractivity contribution in [2.45, 2.75) is 49.1 Å². The van der Waals surface area contributed by atoms with Gasteiger partial charge in [0.15, 0.2) is 0 Å². The van der Waals surface area contributed by atoms with E-state index in [1.165, 1.54) is 17.8 Å². The number of imidazole rings is 1. The molecule has 1 heterocycles. The molecule has 0 amide bonds. The van der Waals surface area contributed by atoms with Crippen LogP contribution in [0.5, 0.6) is 0 Å². The van der Waals surface area contributed by atoms with E-state index in [1.54, 1.807) is 31.4 Å². The molecule has 0 aliphatic rings. The molecule has 0 fully saturated rings. The van der Waals surface area contributed by atoms with E-state index in [4.69, 9.17) is 9.88 Å². The normalized spacial score (nSPS) is 12.4. The predicted octanol–water partition coefficient (Wildman–Crippen LogP) is 3.76. The SMILES string of the molecule is CCc1nc(SC)c(C(=O)C(=O)OC(C)CCc2ccc(-c3ccccc3S(N)(=O)=O)cc2)[nH]1. The summed E-state index contributed by atoms with van der Waals surface area (Å²) >= 11 is 1.29. The number of aromatic nitrogens is 2. The quantitative estimate of drug-likeness (QED) is 0.187. The maximum Gasteiger partial charge on any atom is 0.381 e. The van der Waals surface area contributed by atoms with Crippen molar-refractivity contribution in [3.8, 4) is 11.1 Å². The largest absolute Gasteiger partial charge is 0.457 e. The predicted molar refractivity (Wildman–Crippen MR) is 131 cm³/mol. The summed E-state index contributed by atoms with van der Waals surface area (Å²) in [6.07, 6.45) is 3.08. The van der Waals surface area contributed by atoms with Crippen LogP contribution >= 0.6 is 11.8 Å². The number of aryl methyl sites for hydroxylation is 2. The summed E-state index contributed by atoms with van der Waals surface area (Å²) in [5.41, 5.74) is 2.41. The number of carbonyl (C=O) groups excluding carboxylic acids is 2. The molecule has 3 aromatic rings. The minimum Gasteiger partial charge on any atom is -0.457 e. The number of Topliss-reactive ketones (excluding diaryl/α,β-unsaturated/α-hetero) is 1. The van der Waals surface area contributed by atoms with E-state index in [0.29, 0.717) is 35.7 Å². The first-order chi connectivity index (χ1) is 16.1. The summed E-state index contributed by atoms with van der Waals surface area (Å²) in [4.78, 5) is 32.1. The number of ether oxygens (including phenoxy) is 1. The van der Waals surface area contributed by atoms with Gasteiger partial charge in [-0.2, -0.15) is 0 Å². The Morgan fingerprint density at radius 1 is 1.15 bits per heavy atom. The summed E-state index contributed by atoms with van der Waals surface area (Å²) in [5.74, 6) is -1.01. The van der Waals surface area contributed by atoms with Gasteiger partial charge in [-0.3, -0.25) is 4.79 Å². The summed E-state index contributed by atoms with van der Waals surface area (Å²) in [5, 5.41) is 5.81. The molecule has 1 atom stereocenters. The number of hydrogen-bond acceptors (Lipinski definition) is 7. The van der Waals surface area contributed by atoms with Gasteiger partial charge >= 0.3 is 5.97 Å². The van der Waals surface area contributed by atoms with Gasteiger partial charge in [-0.15, -0.1) is 11.8 Å². The minimum atomic E-state index is -3.84. The van der Waals surface area contributed by atoms with E-state index in [-0.39, 0.29) is 10.6 Å². The standard InChI is InChI=1S/C24H27N3O5S2/c1-4-20-26-21(23(27-20)33-3)22(28)24(29)32-15(2)9-10-16-11-13-17(14-12-16)18-7-5-6-8-19(18)34(25,30)31/h5-8,11-15H,4,9-10H2,1-3H3,(H,26,27)(H2,25,30,31). The zero-order valence-corrected chi connectivity index (χ0v) is 20.8. The fraction of sp³-hybridized carbons (Fsp3) is 0.292. The summed E-state index contributed by atoms with van der Waals surface area (Å²) in [6, 6.07) is 14.0. The summed E-state index contributed by atoms with van der Waals surface area (Å²) in [6.45, 7) is 3.64. The molecule has 8 nitrogen and oxygen atoms in total. The lowest BCUT2D eigenvalue weighted by Crippen LogP contribution is -2.24. The lowest BCUT2D eigenvalue weighted by molar-refractivity contribution is -0.142. The highest BCUT2D eigenvalue weighted by Crippen LogP contribution is 2.27. The average Bonchev–Trinajstić information content (AvgIpc) is 3.25. The van der Waals surface area contributed by atoms with E-state index in [0.717, 1.165) is 11.1 Å². The first-order valence-electron chi connectivity index (χ1n) is 10.7. The number of rotatable bonds is 10. The maximum absolute atomic E-state index is 12.5. The third-order valence-electron chi connectivity index (χ3n) is 5.27. The fourth-order valence-corrected chi connectivity index (χ4v) is 4.75. The Labute approximate surface area is 203 Å². The molecule has 0 radical (unpaired) electrons. The minimum absolute atomic E-state index is 0.0703. The molecule has 0 saturated heterocycles. The van der Waals surface area contributed by atoms with Crippen LogP contribution in [0, 0.1) is 0 Å². The number of hydrogen-bond donors (Lipinski definition) is 2. The molecular formula is C24H27N3O5S2. The summed E-state index contributed by atoms with van der Waals surface area (Å²) in [7, 11) is -3.84. The van der Waals surface area contributed by atoms with Gasteiger partial charge in [0.2, 0.25) is 10.0 Å². The second-order valence-corrected chi connectivity index (χ2v) is 10.1. The molecule has 10 heteroatoms.